The molecule has 0 aliphatic carbocycles. The summed E-state index contributed by atoms with van der Waals surface area (Å²) in [6, 6.07) is 11.7. The highest BCUT2D eigenvalue weighted by Gasteiger charge is 2.20. The normalized spacial score (nSPS) is 14.8. The number of hydrogen-bond acceptors (Lipinski definition) is 5. The van der Waals surface area contributed by atoms with E-state index in [4.69, 9.17) is 4.74 Å². The van der Waals surface area contributed by atoms with E-state index in [9.17, 15) is 4.79 Å². The average Bonchev–Trinajstić information content (AvgIpc) is 2.69. The first-order valence-electron chi connectivity index (χ1n) is 9.67. The number of nitrogens with zero attached hydrogens (tertiary/aromatic N) is 3. The third kappa shape index (κ3) is 5.67. The number of anilines is 1. The van der Waals surface area contributed by atoms with Crippen LogP contribution in [0, 0.1) is 12.8 Å². The molecule has 3 rings (SSSR count). The Labute approximate surface area is 160 Å². The number of ether oxygens (including phenoxy) is 1. The number of piperidine rings is 1. The maximum absolute atomic E-state index is 12.2. The zero-order valence-electron chi connectivity index (χ0n) is 16.1. The van der Waals surface area contributed by atoms with Crippen molar-refractivity contribution in [2.75, 3.05) is 31.1 Å². The molecule has 1 aromatic carbocycles. The molecule has 0 unspecified atom stereocenters. The van der Waals surface area contributed by atoms with Crippen molar-refractivity contribution in [3.05, 3.63) is 47.7 Å². The van der Waals surface area contributed by atoms with Gasteiger partial charge in [-0.2, -0.15) is 5.10 Å². The van der Waals surface area contributed by atoms with Crippen LogP contribution >= 0.6 is 0 Å². The molecular formula is C21H28N4O2. The Morgan fingerprint density at radius 1 is 1.15 bits per heavy atom. The molecular weight excluding hydrogens is 340 g/mol. The smallest absolute Gasteiger partial charge is 0.224 e. The summed E-state index contributed by atoms with van der Waals surface area (Å²) in [5, 5.41) is 11.5. The van der Waals surface area contributed by atoms with Crippen LogP contribution < -0.4 is 15.0 Å². The number of nitrogens with one attached hydrogen (secondary N) is 1. The van der Waals surface area contributed by atoms with Crippen molar-refractivity contribution in [2.24, 2.45) is 5.92 Å². The summed E-state index contributed by atoms with van der Waals surface area (Å²) in [7, 11) is 0. The van der Waals surface area contributed by atoms with Gasteiger partial charge in [0.05, 0.1) is 18.7 Å². The number of aryl methyl sites for hydroxylation is 1. The predicted molar refractivity (Wildman–Crippen MR) is 106 cm³/mol. The SMILES string of the molecule is CCOc1ccc(CC(=O)NCC2CCN(c3ccc(C)nn3)CC2)cc1. The zero-order valence-corrected chi connectivity index (χ0v) is 16.1. The van der Waals surface area contributed by atoms with Crippen molar-refractivity contribution < 1.29 is 9.53 Å². The molecule has 1 fully saturated rings. The fourth-order valence-corrected chi connectivity index (χ4v) is 3.30. The van der Waals surface area contributed by atoms with E-state index in [-0.39, 0.29) is 5.91 Å². The highest BCUT2D eigenvalue weighted by atomic mass is 16.5. The van der Waals surface area contributed by atoms with Crippen LogP contribution in [-0.2, 0) is 11.2 Å². The Morgan fingerprint density at radius 3 is 2.52 bits per heavy atom. The minimum absolute atomic E-state index is 0.0750. The highest BCUT2D eigenvalue weighted by molar-refractivity contribution is 5.78. The number of hydrogen-bond donors (Lipinski definition) is 1. The standard InChI is InChI=1S/C21H28N4O2/c1-3-27-19-7-5-17(6-8-19)14-21(26)22-15-18-10-12-25(13-11-18)20-9-4-16(2)23-24-20/h4-9,18H,3,10-15H2,1-2H3,(H,22,26). The molecule has 1 aliphatic rings. The molecule has 27 heavy (non-hydrogen) atoms. The summed E-state index contributed by atoms with van der Waals surface area (Å²) in [5.41, 5.74) is 1.94. The molecule has 1 amide bonds. The first kappa shape index (κ1) is 19.1. The number of carbonyl (C=O) groups excluding carboxylic acids is 1. The Kier molecular flexibility index (Phi) is 6.63. The summed E-state index contributed by atoms with van der Waals surface area (Å²) >= 11 is 0. The van der Waals surface area contributed by atoms with E-state index in [0.29, 0.717) is 18.9 Å². The summed E-state index contributed by atoms with van der Waals surface area (Å²) in [5.74, 6) is 2.38. The van der Waals surface area contributed by atoms with Crippen LogP contribution in [0.2, 0.25) is 0 Å². The average molecular weight is 368 g/mol. The zero-order chi connectivity index (χ0) is 19.1. The number of rotatable bonds is 7. The second kappa shape index (κ2) is 9.35. The van der Waals surface area contributed by atoms with Gasteiger partial charge in [-0.3, -0.25) is 4.79 Å². The van der Waals surface area contributed by atoms with E-state index in [0.717, 1.165) is 55.3 Å². The van der Waals surface area contributed by atoms with Gasteiger partial charge in [-0.05, 0) is 62.4 Å². The minimum atomic E-state index is 0.0750. The van der Waals surface area contributed by atoms with Crippen molar-refractivity contribution in [2.45, 2.75) is 33.1 Å². The first-order valence-corrected chi connectivity index (χ1v) is 9.67. The van der Waals surface area contributed by atoms with E-state index in [1.54, 1.807) is 0 Å². The van der Waals surface area contributed by atoms with Gasteiger partial charge in [-0.1, -0.05) is 12.1 Å². The van der Waals surface area contributed by atoms with Crippen molar-refractivity contribution >= 4 is 11.7 Å². The molecule has 1 N–H and O–H groups in total. The molecule has 0 radical (unpaired) electrons. The highest BCUT2D eigenvalue weighted by Crippen LogP contribution is 2.21. The van der Waals surface area contributed by atoms with Gasteiger partial charge in [-0.25, -0.2) is 0 Å². The number of carbonyl (C=O) groups is 1. The van der Waals surface area contributed by atoms with E-state index >= 15 is 0 Å². The van der Waals surface area contributed by atoms with E-state index in [1.165, 1.54) is 0 Å². The van der Waals surface area contributed by atoms with Crippen molar-refractivity contribution in [3.8, 4) is 5.75 Å². The Balaban J connectivity index is 1.39. The number of benzene rings is 1. The molecule has 1 saturated heterocycles. The fourth-order valence-electron chi connectivity index (χ4n) is 3.30. The molecule has 0 spiro atoms. The van der Waals surface area contributed by atoms with Crippen LogP contribution in [0.25, 0.3) is 0 Å². The van der Waals surface area contributed by atoms with Crippen LogP contribution in [0.5, 0.6) is 5.75 Å². The molecule has 6 nitrogen and oxygen atoms in total. The van der Waals surface area contributed by atoms with Gasteiger partial charge in [0.15, 0.2) is 5.82 Å². The van der Waals surface area contributed by atoms with E-state index in [1.807, 2.05) is 50.2 Å². The van der Waals surface area contributed by atoms with Crippen LogP contribution in [0.15, 0.2) is 36.4 Å². The Morgan fingerprint density at radius 2 is 1.89 bits per heavy atom. The van der Waals surface area contributed by atoms with Crippen LogP contribution in [0.3, 0.4) is 0 Å². The molecule has 1 aromatic heterocycles. The third-order valence-corrected chi connectivity index (χ3v) is 4.91. The third-order valence-electron chi connectivity index (χ3n) is 4.91. The lowest BCUT2D eigenvalue weighted by atomic mass is 9.96. The van der Waals surface area contributed by atoms with Gasteiger partial charge in [0.25, 0.3) is 0 Å². The lowest BCUT2D eigenvalue weighted by molar-refractivity contribution is -0.120. The maximum atomic E-state index is 12.2. The topological polar surface area (TPSA) is 67.3 Å². The summed E-state index contributed by atoms with van der Waals surface area (Å²) in [6.45, 7) is 7.20. The molecule has 6 heteroatoms. The monoisotopic (exact) mass is 368 g/mol. The summed E-state index contributed by atoms with van der Waals surface area (Å²) in [6.07, 6.45) is 2.52. The largest absolute Gasteiger partial charge is 0.494 e. The second-order valence-electron chi connectivity index (χ2n) is 7.02. The minimum Gasteiger partial charge on any atom is -0.494 e. The van der Waals surface area contributed by atoms with Crippen molar-refractivity contribution in [1.29, 1.82) is 0 Å². The second-order valence-corrected chi connectivity index (χ2v) is 7.02. The van der Waals surface area contributed by atoms with Gasteiger partial charge in [-0.15, -0.1) is 5.10 Å². The molecule has 0 bridgehead atoms. The first-order chi connectivity index (χ1) is 13.1. The van der Waals surface area contributed by atoms with E-state index < -0.39 is 0 Å². The van der Waals surface area contributed by atoms with Gasteiger partial charge in [0.1, 0.15) is 5.75 Å². The lowest BCUT2D eigenvalue weighted by Crippen LogP contribution is -2.39. The molecule has 1 aliphatic heterocycles. The molecule has 144 valence electrons. The molecule has 2 heterocycles. The van der Waals surface area contributed by atoms with Gasteiger partial charge < -0.3 is 15.0 Å². The van der Waals surface area contributed by atoms with Crippen molar-refractivity contribution in [3.63, 3.8) is 0 Å². The maximum Gasteiger partial charge on any atom is 0.224 e. The Bertz CT molecular complexity index is 723. The summed E-state index contributed by atoms with van der Waals surface area (Å²) in [4.78, 5) is 14.5. The fraction of sp³-hybridized carbons (Fsp3) is 0.476. The van der Waals surface area contributed by atoms with Gasteiger partial charge in [0, 0.05) is 19.6 Å². The summed E-state index contributed by atoms with van der Waals surface area (Å²) < 4.78 is 5.43. The quantitative estimate of drug-likeness (QED) is 0.814. The van der Waals surface area contributed by atoms with Crippen LogP contribution in [0.1, 0.15) is 31.0 Å². The lowest BCUT2D eigenvalue weighted by Gasteiger charge is -2.32. The van der Waals surface area contributed by atoms with E-state index in [2.05, 4.69) is 20.4 Å². The molecule has 0 saturated carbocycles. The predicted octanol–water partition coefficient (Wildman–Crippen LogP) is 2.76. The van der Waals surface area contributed by atoms with Crippen molar-refractivity contribution in [1.82, 2.24) is 15.5 Å². The number of aromatic nitrogens is 2. The van der Waals surface area contributed by atoms with Gasteiger partial charge in [0.2, 0.25) is 5.91 Å². The van der Waals surface area contributed by atoms with Crippen LogP contribution in [0.4, 0.5) is 5.82 Å². The Hall–Kier alpha value is -2.63. The molecule has 0 atom stereocenters. The van der Waals surface area contributed by atoms with Crippen LogP contribution in [-0.4, -0.2) is 42.3 Å². The van der Waals surface area contributed by atoms with Gasteiger partial charge >= 0.3 is 0 Å². The molecule has 2 aromatic rings. The number of amides is 1.